The molecule has 0 fully saturated rings. The number of imidazole rings is 1. The summed E-state index contributed by atoms with van der Waals surface area (Å²) in [4.78, 5) is 17.0. The van der Waals surface area contributed by atoms with Crippen molar-refractivity contribution in [2.24, 2.45) is 0 Å². The third-order valence-electron chi connectivity index (χ3n) is 2.11. The molecule has 17 heavy (non-hydrogen) atoms. The highest BCUT2D eigenvalue weighted by atomic mass is 16.2. The fourth-order valence-corrected chi connectivity index (χ4v) is 1.39. The van der Waals surface area contributed by atoms with Gasteiger partial charge in [0.15, 0.2) is 5.82 Å². The molecule has 90 valence electrons. The van der Waals surface area contributed by atoms with Gasteiger partial charge in [0, 0.05) is 12.4 Å². The fraction of sp³-hybridized carbons (Fsp3) is 0.400. The average Bonchev–Trinajstić information content (AvgIpc) is 2.91. The quantitative estimate of drug-likeness (QED) is 0.818. The van der Waals surface area contributed by atoms with Crippen LogP contribution in [0.15, 0.2) is 24.9 Å². The summed E-state index contributed by atoms with van der Waals surface area (Å²) in [6, 6.07) is 0. The minimum absolute atomic E-state index is 0.147. The second kappa shape index (κ2) is 5.24. The number of nitrogens with zero attached hydrogens (tertiary/aromatic N) is 5. The predicted molar refractivity (Wildman–Crippen MR) is 61.2 cm³/mol. The summed E-state index contributed by atoms with van der Waals surface area (Å²) >= 11 is 0. The van der Waals surface area contributed by atoms with Crippen molar-refractivity contribution in [3.63, 3.8) is 0 Å². The van der Waals surface area contributed by atoms with E-state index in [1.54, 1.807) is 34.3 Å². The molecule has 7 heteroatoms. The molecule has 0 atom stereocenters. The third-order valence-corrected chi connectivity index (χ3v) is 2.11. The minimum atomic E-state index is -0.147. The number of hydrogen-bond donors (Lipinski definition) is 1. The lowest BCUT2D eigenvalue weighted by molar-refractivity contribution is -0.116. The van der Waals surface area contributed by atoms with Crippen LogP contribution in [0.3, 0.4) is 0 Å². The van der Waals surface area contributed by atoms with Crippen LogP contribution in [0.5, 0.6) is 0 Å². The van der Waals surface area contributed by atoms with E-state index in [9.17, 15) is 4.79 Å². The van der Waals surface area contributed by atoms with Crippen LogP contribution in [-0.2, 0) is 17.9 Å². The average molecular weight is 234 g/mol. The lowest BCUT2D eigenvalue weighted by Gasteiger charge is -2.01. The van der Waals surface area contributed by atoms with Crippen molar-refractivity contribution >= 4 is 11.7 Å². The van der Waals surface area contributed by atoms with Crippen LogP contribution in [0.4, 0.5) is 5.82 Å². The van der Waals surface area contributed by atoms with Crippen LogP contribution in [0, 0.1) is 0 Å². The first-order valence-corrected chi connectivity index (χ1v) is 5.43. The highest BCUT2D eigenvalue weighted by molar-refractivity contribution is 5.89. The Labute approximate surface area is 98.5 Å². The number of rotatable bonds is 5. The normalized spacial score (nSPS) is 10.4. The molecular formula is C10H14N6O. The number of amides is 1. The van der Waals surface area contributed by atoms with Gasteiger partial charge in [0.1, 0.15) is 6.54 Å². The van der Waals surface area contributed by atoms with Crippen LogP contribution in [0.1, 0.15) is 13.3 Å². The van der Waals surface area contributed by atoms with Gasteiger partial charge in [-0.2, -0.15) is 9.90 Å². The molecule has 1 amide bonds. The fourth-order valence-electron chi connectivity index (χ4n) is 1.39. The van der Waals surface area contributed by atoms with E-state index in [0.717, 1.165) is 13.0 Å². The summed E-state index contributed by atoms with van der Waals surface area (Å²) in [5.41, 5.74) is 0. The first kappa shape index (κ1) is 11.3. The third kappa shape index (κ3) is 3.13. The second-order valence-electron chi connectivity index (χ2n) is 3.61. The van der Waals surface area contributed by atoms with Gasteiger partial charge in [-0.1, -0.05) is 6.92 Å². The smallest absolute Gasteiger partial charge is 0.245 e. The molecule has 2 heterocycles. The van der Waals surface area contributed by atoms with Gasteiger partial charge in [-0.25, -0.2) is 4.98 Å². The number of nitrogens with one attached hydrogen (secondary N) is 1. The molecule has 2 aromatic rings. The molecule has 0 bridgehead atoms. The Balaban J connectivity index is 1.89. The van der Waals surface area contributed by atoms with E-state index in [1.807, 2.05) is 6.92 Å². The summed E-state index contributed by atoms with van der Waals surface area (Å²) in [5.74, 6) is 0.329. The molecule has 0 unspecified atom stereocenters. The van der Waals surface area contributed by atoms with Crippen LogP contribution < -0.4 is 5.32 Å². The summed E-state index contributed by atoms with van der Waals surface area (Å²) in [6.45, 7) is 3.01. The van der Waals surface area contributed by atoms with E-state index in [0.29, 0.717) is 5.82 Å². The largest absolute Gasteiger partial charge is 0.328 e. The van der Waals surface area contributed by atoms with Gasteiger partial charge in [-0.3, -0.25) is 4.79 Å². The Hall–Kier alpha value is -2.18. The monoisotopic (exact) mass is 234 g/mol. The first-order valence-electron chi connectivity index (χ1n) is 5.43. The number of carbonyl (C=O) groups is 1. The number of carbonyl (C=O) groups excluding carboxylic acids is 1. The Morgan fingerprint density at radius 3 is 3.12 bits per heavy atom. The van der Waals surface area contributed by atoms with Gasteiger partial charge >= 0.3 is 0 Å². The van der Waals surface area contributed by atoms with E-state index >= 15 is 0 Å². The van der Waals surface area contributed by atoms with Crippen molar-refractivity contribution in [2.75, 3.05) is 5.32 Å². The van der Waals surface area contributed by atoms with E-state index < -0.39 is 0 Å². The van der Waals surface area contributed by atoms with E-state index in [-0.39, 0.29) is 12.5 Å². The summed E-state index contributed by atoms with van der Waals surface area (Å²) < 4.78 is 1.69. The SMILES string of the molecule is CCCn1ncc(NC(=O)Cn2ccnc2)n1. The molecule has 7 nitrogen and oxygen atoms in total. The van der Waals surface area contributed by atoms with Crippen molar-refractivity contribution in [3.8, 4) is 0 Å². The first-order chi connectivity index (χ1) is 8.28. The molecule has 0 radical (unpaired) electrons. The molecule has 0 aromatic carbocycles. The molecule has 0 saturated carbocycles. The molecular weight excluding hydrogens is 220 g/mol. The van der Waals surface area contributed by atoms with Crippen LogP contribution >= 0.6 is 0 Å². The molecule has 0 saturated heterocycles. The van der Waals surface area contributed by atoms with Gasteiger partial charge in [0.2, 0.25) is 5.91 Å². The van der Waals surface area contributed by atoms with Crippen molar-refractivity contribution in [1.29, 1.82) is 0 Å². The minimum Gasteiger partial charge on any atom is -0.328 e. The number of aryl methyl sites for hydroxylation is 1. The number of anilines is 1. The Bertz CT molecular complexity index is 475. The van der Waals surface area contributed by atoms with Crippen LogP contribution in [-0.4, -0.2) is 30.5 Å². The Kier molecular flexibility index (Phi) is 3.49. The highest BCUT2D eigenvalue weighted by Gasteiger charge is 2.06. The molecule has 0 spiro atoms. The van der Waals surface area contributed by atoms with E-state index in [4.69, 9.17) is 0 Å². The maximum Gasteiger partial charge on any atom is 0.245 e. The van der Waals surface area contributed by atoms with Gasteiger partial charge in [-0.05, 0) is 6.42 Å². The van der Waals surface area contributed by atoms with Gasteiger partial charge < -0.3 is 9.88 Å². The predicted octanol–water partition coefficient (Wildman–Crippen LogP) is 0.523. The second-order valence-corrected chi connectivity index (χ2v) is 3.61. The zero-order valence-electron chi connectivity index (χ0n) is 9.58. The van der Waals surface area contributed by atoms with Gasteiger partial charge in [0.25, 0.3) is 0 Å². The van der Waals surface area contributed by atoms with Crippen LogP contribution in [0.2, 0.25) is 0 Å². The summed E-state index contributed by atoms with van der Waals surface area (Å²) in [6.07, 6.45) is 7.45. The van der Waals surface area contributed by atoms with Crippen molar-refractivity contribution in [1.82, 2.24) is 24.5 Å². The lowest BCUT2D eigenvalue weighted by atomic mass is 10.5. The number of hydrogen-bond acceptors (Lipinski definition) is 4. The van der Waals surface area contributed by atoms with Crippen molar-refractivity contribution in [2.45, 2.75) is 26.4 Å². The zero-order valence-corrected chi connectivity index (χ0v) is 9.58. The van der Waals surface area contributed by atoms with E-state index in [2.05, 4.69) is 20.5 Å². The van der Waals surface area contributed by atoms with Crippen molar-refractivity contribution in [3.05, 3.63) is 24.9 Å². The van der Waals surface area contributed by atoms with E-state index in [1.165, 1.54) is 0 Å². The van der Waals surface area contributed by atoms with Crippen molar-refractivity contribution < 1.29 is 4.79 Å². The molecule has 2 aromatic heterocycles. The molecule has 0 aliphatic heterocycles. The molecule has 0 aliphatic carbocycles. The maximum absolute atomic E-state index is 11.6. The Morgan fingerprint density at radius 2 is 2.41 bits per heavy atom. The van der Waals surface area contributed by atoms with Gasteiger partial charge in [-0.15, -0.1) is 5.10 Å². The molecule has 1 N–H and O–H groups in total. The topological polar surface area (TPSA) is 77.6 Å². The standard InChI is InChI=1S/C10H14N6O/c1-2-4-16-12-6-9(14-16)13-10(17)7-15-5-3-11-8-15/h3,5-6,8H,2,4,7H2,1H3,(H,13,14,17). The summed E-state index contributed by atoms with van der Waals surface area (Å²) in [7, 11) is 0. The molecule has 2 rings (SSSR count). The Morgan fingerprint density at radius 1 is 1.53 bits per heavy atom. The highest BCUT2D eigenvalue weighted by Crippen LogP contribution is 2.00. The zero-order chi connectivity index (χ0) is 12.1. The van der Waals surface area contributed by atoms with Crippen LogP contribution in [0.25, 0.3) is 0 Å². The lowest BCUT2D eigenvalue weighted by Crippen LogP contribution is -2.18. The number of aromatic nitrogens is 5. The molecule has 0 aliphatic rings. The maximum atomic E-state index is 11.6. The van der Waals surface area contributed by atoms with Gasteiger partial charge in [0.05, 0.1) is 19.1 Å². The summed E-state index contributed by atoms with van der Waals surface area (Å²) in [5, 5.41) is 10.8.